The SMILES string of the molecule is Cc1ccc(CNc2cc(C)c(Cl)c(C)c2)nn1. The van der Waals surface area contributed by atoms with Crippen molar-refractivity contribution in [3.63, 3.8) is 0 Å². The van der Waals surface area contributed by atoms with Crippen molar-refractivity contribution in [1.82, 2.24) is 10.2 Å². The van der Waals surface area contributed by atoms with Crippen LogP contribution < -0.4 is 5.32 Å². The second-order valence-electron chi connectivity index (χ2n) is 4.44. The Balaban J connectivity index is 2.08. The molecule has 1 heterocycles. The number of halogens is 1. The van der Waals surface area contributed by atoms with Gasteiger partial charge >= 0.3 is 0 Å². The average Bonchev–Trinajstić information content (AvgIpc) is 2.35. The summed E-state index contributed by atoms with van der Waals surface area (Å²) in [7, 11) is 0. The van der Waals surface area contributed by atoms with E-state index in [4.69, 9.17) is 11.6 Å². The van der Waals surface area contributed by atoms with Crippen LogP contribution in [0.25, 0.3) is 0 Å². The van der Waals surface area contributed by atoms with Gasteiger partial charge in [0.1, 0.15) is 0 Å². The summed E-state index contributed by atoms with van der Waals surface area (Å²) in [5.74, 6) is 0. The molecule has 0 amide bonds. The van der Waals surface area contributed by atoms with Gasteiger partial charge in [-0.1, -0.05) is 11.6 Å². The lowest BCUT2D eigenvalue weighted by Gasteiger charge is -2.10. The van der Waals surface area contributed by atoms with Crippen LogP contribution in [0.3, 0.4) is 0 Å². The van der Waals surface area contributed by atoms with Gasteiger partial charge in [0, 0.05) is 10.7 Å². The first kappa shape index (κ1) is 12.8. The number of benzene rings is 1. The van der Waals surface area contributed by atoms with Gasteiger partial charge in [-0.2, -0.15) is 10.2 Å². The lowest BCUT2D eigenvalue weighted by atomic mass is 10.1. The topological polar surface area (TPSA) is 37.8 Å². The Morgan fingerprint density at radius 2 is 1.72 bits per heavy atom. The van der Waals surface area contributed by atoms with Crippen molar-refractivity contribution >= 4 is 17.3 Å². The van der Waals surface area contributed by atoms with Crippen molar-refractivity contribution in [3.8, 4) is 0 Å². The first-order chi connectivity index (χ1) is 8.56. The second-order valence-corrected chi connectivity index (χ2v) is 4.82. The third-order valence-electron chi connectivity index (χ3n) is 2.76. The maximum atomic E-state index is 6.13. The Kier molecular flexibility index (Phi) is 3.82. The fourth-order valence-electron chi connectivity index (χ4n) is 1.76. The predicted octanol–water partition coefficient (Wildman–Crippen LogP) is 3.67. The molecule has 0 aliphatic carbocycles. The summed E-state index contributed by atoms with van der Waals surface area (Å²) in [4.78, 5) is 0. The van der Waals surface area contributed by atoms with Crippen molar-refractivity contribution < 1.29 is 0 Å². The molecule has 2 rings (SSSR count). The van der Waals surface area contributed by atoms with Gasteiger partial charge in [0.15, 0.2) is 0 Å². The summed E-state index contributed by atoms with van der Waals surface area (Å²) >= 11 is 6.13. The van der Waals surface area contributed by atoms with E-state index in [0.717, 1.165) is 33.2 Å². The number of rotatable bonds is 3. The molecular formula is C14H16ClN3. The molecule has 0 unspecified atom stereocenters. The highest BCUT2D eigenvalue weighted by molar-refractivity contribution is 6.32. The lowest BCUT2D eigenvalue weighted by molar-refractivity contribution is 0.898. The molecule has 1 aromatic carbocycles. The summed E-state index contributed by atoms with van der Waals surface area (Å²) < 4.78 is 0. The van der Waals surface area contributed by atoms with Crippen molar-refractivity contribution in [1.29, 1.82) is 0 Å². The van der Waals surface area contributed by atoms with Crippen molar-refractivity contribution in [2.75, 3.05) is 5.32 Å². The zero-order valence-electron chi connectivity index (χ0n) is 10.8. The molecule has 18 heavy (non-hydrogen) atoms. The van der Waals surface area contributed by atoms with Crippen LogP contribution >= 0.6 is 11.6 Å². The highest BCUT2D eigenvalue weighted by Gasteiger charge is 2.03. The van der Waals surface area contributed by atoms with Crippen molar-refractivity contribution in [3.05, 3.63) is 51.8 Å². The minimum absolute atomic E-state index is 0.661. The molecule has 0 saturated carbocycles. The minimum Gasteiger partial charge on any atom is -0.379 e. The smallest absolute Gasteiger partial charge is 0.0822 e. The van der Waals surface area contributed by atoms with Gasteiger partial charge in [0.25, 0.3) is 0 Å². The molecule has 0 radical (unpaired) electrons. The maximum Gasteiger partial charge on any atom is 0.0822 e. The summed E-state index contributed by atoms with van der Waals surface area (Å²) in [6.45, 7) is 6.60. The molecule has 0 saturated heterocycles. The molecule has 0 fully saturated rings. The predicted molar refractivity (Wildman–Crippen MR) is 75.0 cm³/mol. The van der Waals surface area contributed by atoms with Crippen LogP contribution in [0, 0.1) is 20.8 Å². The van der Waals surface area contributed by atoms with Crippen LogP contribution in [-0.2, 0) is 6.54 Å². The maximum absolute atomic E-state index is 6.13. The van der Waals surface area contributed by atoms with Gasteiger partial charge in [0.2, 0.25) is 0 Å². The number of aromatic nitrogens is 2. The van der Waals surface area contributed by atoms with E-state index in [9.17, 15) is 0 Å². The number of hydrogen-bond donors (Lipinski definition) is 1. The zero-order valence-corrected chi connectivity index (χ0v) is 11.5. The molecule has 1 N–H and O–H groups in total. The summed E-state index contributed by atoms with van der Waals surface area (Å²) in [5, 5.41) is 12.3. The molecule has 1 aromatic heterocycles. The highest BCUT2D eigenvalue weighted by Crippen LogP contribution is 2.24. The van der Waals surface area contributed by atoms with Crippen molar-refractivity contribution in [2.24, 2.45) is 0 Å². The third-order valence-corrected chi connectivity index (χ3v) is 3.36. The number of aryl methyl sites for hydroxylation is 3. The second kappa shape index (κ2) is 5.36. The van der Waals surface area contributed by atoms with Crippen LogP contribution in [0.5, 0.6) is 0 Å². The quantitative estimate of drug-likeness (QED) is 0.916. The van der Waals surface area contributed by atoms with E-state index in [1.165, 1.54) is 0 Å². The number of nitrogens with zero attached hydrogens (tertiary/aromatic N) is 2. The van der Waals surface area contributed by atoms with Crippen molar-refractivity contribution in [2.45, 2.75) is 27.3 Å². The van der Waals surface area contributed by atoms with E-state index in [2.05, 4.69) is 15.5 Å². The summed E-state index contributed by atoms with van der Waals surface area (Å²) in [6, 6.07) is 8.02. The standard InChI is InChI=1S/C14H16ClN3/c1-9-6-13(7-10(2)14(9)15)16-8-12-5-4-11(3)17-18-12/h4-7,16H,8H2,1-3H3. The van der Waals surface area contributed by atoms with Gasteiger partial charge in [-0.05, 0) is 56.2 Å². The Hall–Kier alpha value is -1.61. The minimum atomic E-state index is 0.661. The van der Waals surface area contributed by atoms with E-state index >= 15 is 0 Å². The third kappa shape index (κ3) is 2.99. The van der Waals surface area contributed by atoms with Crippen LogP contribution in [-0.4, -0.2) is 10.2 Å². The molecule has 2 aromatic rings. The van der Waals surface area contributed by atoms with Crippen LogP contribution in [0.2, 0.25) is 5.02 Å². The van der Waals surface area contributed by atoms with Gasteiger partial charge in [-0.25, -0.2) is 0 Å². The first-order valence-corrected chi connectivity index (χ1v) is 6.24. The molecule has 0 atom stereocenters. The molecule has 4 heteroatoms. The van der Waals surface area contributed by atoms with E-state index in [1.807, 2.05) is 45.0 Å². The number of nitrogens with one attached hydrogen (secondary N) is 1. The Labute approximate surface area is 112 Å². The Bertz CT molecular complexity index is 526. The summed E-state index contributed by atoms with van der Waals surface area (Å²) in [5.41, 5.74) is 5.06. The first-order valence-electron chi connectivity index (χ1n) is 5.86. The largest absolute Gasteiger partial charge is 0.379 e. The fourth-order valence-corrected chi connectivity index (χ4v) is 1.87. The van der Waals surface area contributed by atoms with E-state index < -0.39 is 0 Å². The lowest BCUT2D eigenvalue weighted by Crippen LogP contribution is -2.03. The average molecular weight is 262 g/mol. The monoisotopic (exact) mass is 261 g/mol. The zero-order chi connectivity index (χ0) is 13.1. The van der Waals surface area contributed by atoms with Crippen LogP contribution in [0.1, 0.15) is 22.5 Å². The molecule has 0 bridgehead atoms. The molecular weight excluding hydrogens is 246 g/mol. The normalized spacial score (nSPS) is 10.4. The molecule has 94 valence electrons. The van der Waals surface area contributed by atoms with Gasteiger partial charge in [-0.15, -0.1) is 0 Å². The van der Waals surface area contributed by atoms with Crippen LogP contribution in [0.15, 0.2) is 24.3 Å². The van der Waals surface area contributed by atoms with Gasteiger partial charge in [0.05, 0.1) is 17.9 Å². The fraction of sp³-hybridized carbons (Fsp3) is 0.286. The van der Waals surface area contributed by atoms with Gasteiger partial charge in [-0.3, -0.25) is 0 Å². The van der Waals surface area contributed by atoms with Crippen LogP contribution in [0.4, 0.5) is 5.69 Å². The number of anilines is 1. The Morgan fingerprint density at radius 1 is 1.06 bits per heavy atom. The molecule has 3 nitrogen and oxygen atoms in total. The molecule has 0 spiro atoms. The van der Waals surface area contributed by atoms with E-state index in [-0.39, 0.29) is 0 Å². The molecule has 0 aliphatic rings. The summed E-state index contributed by atoms with van der Waals surface area (Å²) in [6.07, 6.45) is 0. The highest BCUT2D eigenvalue weighted by atomic mass is 35.5. The van der Waals surface area contributed by atoms with Gasteiger partial charge < -0.3 is 5.32 Å². The van der Waals surface area contributed by atoms with E-state index in [0.29, 0.717) is 6.54 Å². The Morgan fingerprint density at radius 3 is 2.28 bits per heavy atom. The van der Waals surface area contributed by atoms with E-state index in [1.54, 1.807) is 0 Å². The number of hydrogen-bond acceptors (Lipinski definition) is 3. The molecule has 0 aliphatic heterocycles.